The Labute approximate surface area is 210 Å². The maximum Gasteiger partial charge on any atom is 0.251 e. The minimum Gasteiger partial charge on any atom is -0.310 e. The molecule has 8 heteroatoms. The Morgan fingerprint density at radius 1 is 1.03 bits per heavy atom. The fraction of sp³-hybridized carbons (Fsp3) is 0.346. The third-order valence-corrected chi connectivity index (χ3v) is 6.70. The summed E-state index contributed by atoms with van der Waals surface area (Å²) in [7, 11) is 0. The number of aromatic nitrogens is 1. The monoisotopic (exact) mass is 507 g/mol. The van der Waals surface area contributed by atoms with Gasteiger partial charge in [-0.05, 0) is 67.2 Å². The highest BCUT2D eigenvalue weighted by atomic mass is 35.5. The number of nitrogens with zero attached hydrogens (tertiary/aromatic N) is 2. The van der Waals surface area contributed by atoms with E-state index in [0.717, 1.165) is 55.5 Å². The van der Waals surface area contributed by atoms with Gasteiger partial charge in [-0.2, -0.15) is 0 Å². The Bertz CT molecular complexity index is 1220. The SMILES string of the molecule is Cl.Cl.O=c1ccc2ccc(F)c3c2n1C[C@H]3CN1CCC(NC/C=C/c2cccc(F)c2)CC1. The Hall–Kier alpha value is -2.25. The molecule has 0 bridgehead atoms. The van der Waals surface area contributed by atoms with E-state index < -0.39 is 0 Å². The summed E-state index contributed by atoms with van der Waals surface area (Å²) in [6.07, 6.45) is 6.01. The molecule has 0 unspecified atom stereocenters. The molecular formula is C26H29Cl2F2N3O. The van der Waals surface area contributed by atoms with Crippen LogP contribution < -0.4 is 10.9 Å². The summed E-state index contributed by atoms with van der Waals surface area (Å²) in [5.74, 6) is -0.424. The van der Waals surface area contributed by atoms with Crippen LogP contribution in [0.25, 0.3) is 17.0 Å². The molecule has 4 nitrogen and oxygen atoms in total. The van der Waals surface area contributed by atoms with Crippen LogP contribution in [0.15, 0.2) is 59.4 Å². The number of likely N-dealkylation sites (tertiary alicyclic amines) is 1. The quantitative estimate of drug-likeness (QED) is 0.510. The van der Waals surface area contributed by atoms with E-state index in [-0.39, 0.29) is 47.9 Å². The average molecular weight is 508 g/mol. The summed E-state index contributed by atoms with van der Waals surface area (Å²) in [5, 5.41) is 4.48. The molecule has 1 N–H and O–H groups in total. The van der Waals surface area contributed by atoms with Crippen molar-refractivity contribution in [3.63, 3.8) is 0 Å². The first-order valence-corrected chi connectivity index (χ1v) is 11.3. The minimum atomic E-state index is -0.223. The van der Waals surface area contributed by atoms with Crippen molar-refractivity contribution in [2.75, 3.05) is 26.2 Å². The van der Waals surface area contributed by atoms with E-state index in [1.165, 1.54) is 18.2 Å². The van der Waals surface area contributed by atoms with Crippen LogP contribution in [0.1, 0.15) is 29.9 Å². The lowest BCUT2D eigenvalue weighted by atomic mass is 9.97. The van der Waals surface area contributed by atoms with Gasteiger partial charge in [-0.15, -0.1) is 24.8 Å². The first kappa shape index (κ1) is 26.4. The van der Waals surface area contributed by atoms with Gasteiger partial charge in [-0.25, -0.2) is 8.78 Å². The highest BCUT2D eigenvalue weighted by Crippen LogP contribution is 2.35. The van der Waals surface area contributed by atoms with Gasteiger partial charge in [-0.1, -0.05) is 24.3 Å². The largest absolute Gasteiger partial charge is 0.310 e. The minimum absolute atomic E-state index is 0. The maximum atomic E-state index is 14.7. The average Bonchev–Trinajstić information content (AvgIpc) is 3.18. The van der Waals surface area contributed by atoms with Gasteiger partial charge in [-0.3, -0.25) is 4.79 Å². The van der Waals surface area contributed by atoms with Crippen molar-refractivity contribution in [2.45, 2.75) is 31.3 Å². The molecule has 1 atom stereocenters. The van der Waals surface area contributed by atoms with Gasteiger partial charge in [0.1, 0.15) is 11.6 Å². The third kappa shape index (κ3) is 5.52. The lowest BCUT2D eigenvalue weighted by molar-refractivity contribution is 0.186. The van der Waals surface area contributed by atoms with E-state index in [2.05, 4.69) is 10.2 Å². The van der Waals surface area contributed by atoms with Gasteiger partial charge < -0.3 is 14.8 Å². The summed E-state index contributed by atoms with van der Waals surface area (Å²) >= 11 is 0. The lowest BCUT2D eigenvalue weighted by Crippen LogP contribution is -2.44. The second kappa shape index (κ2) is 11.5. The third-order valence-electron chi connectivity index (χ3n) is 6.70. The topological polar surface area (TPSA) is 37.3 Å². The summed E-state index contributed by atoms with van der Waals surface area (Å²) in [6.45, 7) is 3.96. The molecule has 0 radical (unpaired) electrons. The smallest absolute Gasteiger partial charge is 0.251 e. The number of piperidine rings is 1. The Morgan fingerprint density at radius 3 is 2.56 bits per heavy atom. The zero-order valence-corrected chi connectivity index (χ0v) is 20.4. The molecule has 1 aromatic heterocycles. The zero-order chi connectivity index (χ0) is 22.1. The number of benzene rings is 2. The van der Waals surface area contributed by atoms with Crippen LogP contribution in [-0.4, -0.2) is 41.7 Å². The van der Waals surface area contributed by atoms with Crippen LogP contribution in [0.5, 0.6) is 0 Å². The zero-order valence-electron chi connectivity index (χ0n) is 18.8. The van der Waals surface area contributed by atoms with Gasteiger partial charge in [0.15, 0.2) is 0 Å². The molecule has 0 amide bonds. The molecule has 1 fully saturated rings. The molecule has 3 heterocycles. The van der Waals surface area contributed by atoms with Crippen LogP contribution in [-0.2, 0) is 6.54 Å². The molecule has 5 rings (SSSR count). The number of halogens is 4. The van der Waals surface area contributed by atoms with Crippen LogP contribution >= 0.6 is 24.8 Å². The van der Waals surface area contributed by atoms with Crippen molar-refractivity contribution < 1.29 is 8.78 Å². The summed E-state index contributed by atoms with van der Waals surface area (Å²) in [6, 6.07) is 13.7. The highest BCUT2D eigenvalue weighted by molar-refractivity contribution is 5.86. The van der Waals surface area contributed by atoms with Crippen molar-refractivity contribution in [1.82, 2.24) is 14.8 Å². The van der Waals surface area contributed by atoms with Crippen molar-refractivity contribution in [3.05, 3.63) is 87.7 Å². The molecular weight excluding hydrogens is 479 g/mol. The summed E-state index contributed by atoms with van der Waals surface area (Å²) < 4.78 is 29.7. The molecule has 2 aromatic carbocycles. The highest BCUT2D eigenvalue weighted by Gasteiger charge is 2.31. The van der Waals surface area contributed by atoms with E-state index in [9.17, 15) is 13.6 Å². The second-order valence-electron chi connectivity index (χ2n) is 8.82. The van der Waals surface area contributed by atoms with E-state index in [0.29, 0.717) is 18.2 Å². The van der Waals surface area contributed by atoms with Gasteiger partial charge in [0.05, 0.1) is 5.52 Å². The van der Waals surface area contributed by atoms with Crippen molar-refractivity contribution in [2.24, 2.45) is 0 Å². The second-order valence-corrected chi connectivity index (χ2v) is 8.82. The molecule has 0 aliphatic carbocycles. The van der Waals surface area contributed by atoms with Crippen molar-refractivity contribution in [3.8, 4) is 0 Å². The van der Waals surface area contributed by atoms with Crippen LogP contribution in [0, 0.1) is 11.6 Å². The first-order chi connectivity index (χ1) is 15.6. The first-order valence-electron chi connectivity index (χ1n) is 11.3. The molecule has 2 aliphatic rings. The number of hydrogen-bond donors (Lipinski definition) is 1. The number of rotatable bonds is 6. The van der Waals surface area contributed by atoms with E-state index in [1.807, 2.05) is 18.2 Å². The predicted molar refractivity (Wildman–Crippen MR) is 138 cm³/mol. The Kier molecular flexibility index (Phi) is 8.88. The number of hydrogen-bond acceptors (Lipinski definition) is 3. The predicted octanol–water partition coefficient (Wildman–Crippen LogP) is 4.99. The lowest BCUT2D eigenvalue weighted by Gasteiger charge is -2.34. The Balaban J connectivity index is 0.00000162. The summed E-state index contributed by atoms with van der Waals surface area (Å²) in [5.41, 5.74) is 2.27. The summed E-state index contributed by atoms with van der Waals surface area (Å²) in [4.78, 5) is 14.7. The fourth-order valence-corrected chi connectivity index (χ4v) is 5.10. The van der Waals surface area contributed by atoms with Gasteiger partial charge in [0.25, 0.3) is 5.56 Å². The molecule has 182 valence electrons. The van der Waals surface area contributed by atoms with Crippen molar-refractivity contribution >= 4 is 41.8 Å². The van der Waals surface area contributed by atoms with Gasteiger partial charge in [0, 0.05) is 43.2 Å². The number of pyridine rings is 1. The fourth-order valence-electron chi connectivity index (χ4n) is 5.10. The molecule has 0 spiro atoms. The maximum absolute atomic E-state index is 14.7. The van der Waals surface area contributed by atoms with Gasteiger partial charge >= 0.3 is 0 Å². The van der Waals surface area contributed by atoms with Gasteiger partial charge in [0.2, 0.25) is 0 Å². The number of nitrogens with one attached hydrogen (secondary N) is 1. The molecule has 2 aliphatic heterocycles. The van der Waals surface area contributed by atoms with Crippen LogP contribution in [0.2, 0.25) is 0 Å². The molecule has 3 aromatic rings. The van der Waals surface area contributed by atoms with E-state index in [1.54, 1.807) is 28.8 Å². The molecule has 0 saturated carbocycles. The molecule has 34 heavy (non-hydrogen) atoms. The standard InChI is InChI=1S/C26H27F2N3O.2ClH/c27-21-5-1-3-18(15-21)4-2-12-29-22-10-13-30(14-11-22)16-20-17-31-24(32)9-7-19-6-8-23(28)25(20)26(19)31;;/h1-9,15,20,22,29H,10-14,16-17H2;2*1H/b4-2+;;/t20-;;/m1../s1. The molecule has 1 saturated heterocycles. The van der Waals surface area contributed by atoms with Crippen LogP contribution in [0.3, 0.4) is 0 Å². The van der Waals surface area contributed by atoms with Crippen molar-refractivity contribution in [1.29, 1.82) is 0 Å². The Morgan fingerprint density at radius 2 is 1.79 bits per heavy atom. The van der Waals surface area contributed by atoms with Crippen LogP contribution in [0.4, 0.5) is 8.78 Å². The normalized spacial score (nSPS) is 18.2. The van der Waals surface area contributed by atoms with E-state index >= 15 is 0 Å². The van der Waals surface area contributed by atoms with E-state index in [4.69, 9.17) is 0 Å².